The lowest BCUT2D eigenvalue weighted by atomic mass is 10.1. The van der Waals surface area contributed by atoms with Gasteiger partial charge in [0.15, 0.2) is 0 Å². The number of carbonyl (C=O) groups excluding carboxylic acids is 1. The van der Waals surface area contributed by atoms with Crippen LogP contribution in [0.3, 0.4) is 0 Å². The first kappa shape index (κ1) is 21.7. The summed E-state index contributed by atoms with van der Waals surface area (Å²) < 4.78 is 33.0. The van der Waals surface area contributed by atoms with Crippen molar-refractivity contribution in [2.24, 2.45) is 0 Å². The van der Waals surface area contributed by atoms with Crippen molar-refractivity contribution in [3.05, 3.63) is 88.9 Å². The highest BCUT2D eigenvalue weighted by Gasteiger charge is 2.18. The molecule has 0 bridgehead atoms. The highest BCUT2D eigenvalue weighted by atomic mass is 35.5. The number of carbonyl (C=O) groups is 1. The van der Waals surface area contributed by atoms with E-state index in [9.17, 15) is 13.2 Å². The van der Waals surface area contributed by atoms with E-state index in [4.69, 9.17) is 16.3 Å². The third kappa shape index (κ3) is 5.31. The second-order valence-electron chi connectivity index (χ2n) is 6.65. The summed E-state index contributed by atoms with van der Waals surface area (Å²) in [5.41, 5.74) is 1.55. The number of hydrogen-bond acceptors (Lipinski definition) is 4. The Hall–Kier alpha value is -3.03. The predicted octanol–water partition coefficient (Wildman–Crippen LogP) is 4.42. The molecule has 0 unspecified atom stereocenters. The molecule has 0 spiro atoms. The molecule has 0 heterocycles. The predicted molar refractivity (Wildman–Crippen MR) is 117 cm³/mol. The first-order valence-electron chi connectivity index (χ1n) is 9.05. The van der Waals surface area contributed by atoms with Gasteiger partial charge in [-0.15, -0.1) is 0 Å². The molecule has 8 heteroatoms. The summed E-state index contributed by atoms with van der Waals surface area (Å²) in [5.74, 6) is 0.448. The number of methoxy groups -OCH3 is 1. The maximum atomic E-state index is 12.8. The number of sulfonamides is 1. The summed E-state index contributed by atoms with van der Waals surface area (Å²) in [5, 5.41) is 0.416. The molecule has 0 fully saturated rings. The first-order valence-corrected chi connectivity index (χ1v) is 10.9. The SMILES string of the molecule is COc1ccc(CN(C)C(=O)c2cccc(S(=O)(=O)Nc3cccc(Cl)c3)c2)cc1. The van der Waals surface area contributed by atoms with Crippen LogP contribution in [0, 0.1) is 0 Å². The van der Waals surface area contributed by atoms with Gasteiger partial charge < -0.3 is 9.64 Å². The van der Waals surface area contributed by atoms with Gasteiger partial charge in [-0.05, 0) is 54.1 Å². The molecule has 1 N–H and O–H groups in total. The smallest absolute Gasteiger partial charge is 0.261 e. The molecule has 3 aromatic carbocycles. The third-order valence-corrected chi connectivity index (χ3v) is 6.01. The van der Waals surface area contributed by atoms with Crippen molar-refractivity contribution in [3.63, 3.8) is 0 Å². The maximum Gasteiger partial charge on any atom is 0.261 e. The van der Waals surface area contributed by atoms with E-state index in [0.717, 1.165) is 11.3 Å². The molecule has 30 heavy (non-hydrogen) atoms. The number of rotatable bonds is 7. The molecule has 0 aliphatic heterocycles. The Kier molecular flexibility index (Phi) is 6.64. The minimum atomic E-state index is -3.87. The van der Waals surface area contributed by atoms with E-state index >= 15 is 0 Å². The summed E-state index contributed by atoms with van der Waals surface area (Å²) in [4.78, 5) is 14.3. The van der Waals surface area contributed by atoms with E-state index in [0.29, 0.717) is 17.3 Å². The van der Waals surface area contributed by atoms with E-state index in [2.05, 4.69) is 4.72 Å². The van der Waals surface area contributed by atoms with Crippen molar-refractivity contribution in [2.75, 3.05) is 18.9 Å². The molecular formula is C22H21ClN2O4S. The van der Waals surface area contributed by atoms with Gasteiger partial charge in [0.2, 0.25) is 0 Å². The molecule has 3 aromatic rings. The second kappa shape index (κ2) is 9.19. The number of benzene rings is 3. The van der Waals surface area contributed by atoms with E-state index in [1.807, 2.05) is 24.3 Å². The highest BCUT2D eigenvalue weighted by Crippen LogP contribution is 2.21. The zero-order chi connectivity index (χ0) is 21.7. The van der Waals surface area contributed by atoms with Gasteiger partial charge in [-0.25, -0.2) is 8.42 Å². The fraction of sp³-hybridized carbons (Fsp3) is 0.136. The van der Waals surface area contributed by atoms with Gasteiger partial charge in [0.05, 0.1) is 17.7 Å². The van der Waals surface area contributed by atoms with E-state index in [-0.39, 0.29) is 16.4 Å². The largest absolute Gasteiger partial charge is 0.497 e. The summed E-state index contributed by atoms with van der Waals surface area (Å²) in [6.07, 6.45) is 0. The standard InChI is InChI=1S/C22H21ClN2O4S/c1-25(15-16-9-11-20(29-2)12-10-16)22(26)17-5-3-8-21(13-17)30(27,28)24-19-7-4-6-18(23)14-19/h3-14,24H,15H2,1-2H3. The molecule has 0 aromatic heterocycles. The lowest BCUT2D eigenvalue weighted by molar-refractivity contribution is 0.0785. The molecule has 156 valence electrons. The molecule has 0 saturated carbocycles. The number of anilines is 1. The Morgan fingerprint density at radius 2 is 1.73 bits per heavy atom. The van der Waals surface area contributed by atoms with Gasteiger partial charge in [-0.1, -0.05) is 35.9 Å². The lowest BCUT2D eigenvalue weighted by Crippen LogP contribution is -2.26. The van der Waals surface area contributed by atoms with Gasteiger partial charge in [0.1, 0.15) is 5.75 Å². The number of hydrogen-bond donors (Lipinski definition) is 1. The molecule has 0 radical (unpaired) electrons. The van der Waals surface area contributed by atoms with Crippen LogP contribution in [0.25, 0.3) is 0 Å². The van der Waals surface area contributed by atoms with Gasteiger partial charge in [0, 0.05) is 24.2 Å². The van der Waals surface area contributed by atoms with E-state index < -0.39 is 10.0 Å². The summed E-state index contributed by atoms with van der Waals surface area (Å²) in [7, 11) is -0.617. The number of nitrogens with one attached hydrogen (secondary N) is 1. The Morgan fingerprint density at radius 3 is 2.40 bits per heavy atom. The number of halogens is 1. The fourth-order valence-corrected chi connectivity index (χ4v) is 4.14. The Bertz CT molecular complexity index is 1150. The van der Waals surface area contributed by atoms with E-state index in [1.165, 1.54) is 23.1 Å². The maximum absolute atomic E-state index is 12.8. The van der Waals surface area contributed by atoms with Crippen LogP contribution in [0.5, 0.6) is 5.75 Å². The average Bonchev–Trinajstić information content (AvgIpc) is 2.73. The molecule has 1 amide bonds. The fourth-order valence-electron chi connectivity index (χ4n) is 2.86. The molecule has 0 saturated heterocycles. The second-order valence-corrected chi connectivity index (χ2v) is 8.77. The van der Waals surface area contributed by atoms with Crippen molar-refractivity contribution >= 4 is 33.2 Å². The lowest BCUT2D eigenvalue weighted by Gasteiger charge is -2.18. The third-order valence-electron chi connectivity index (χ3n) is 4.39. The molecular weight excluding hydrogens is 424 g/mol. The minimum absolute atomic E-state index is 0.00817. The first-order chi connectivity index (χ1) is 14.3. The topological polar surface area (TPSA) is 75.7 Å². The van der Waals surface area contributed by atoms with Gasteiger partial charge in [-0.2, -0.15) is 0 Å². The van der Waals surface area contributed by atoms with Gasteiger partial charge >= 0.3 is 0 Å². The Labute approximate surface area is 181 Å². The van der Waals surface area contributed by atoms with E-state index in [1.54, 1.807) is 44.5 Å². The Balaban J connectivity index is 1.76. The van der Waals surface area contributed by atoms with Crippen LogP contribution < -0.4 is 9.46 Å². The molecule has 3 rings (SSSR count). The normalized spacial score (nSPS) is 11.0. The minimum Gasteiger partial charge on any atom is -0.497 e. The summed E-state index contributed by atoms with van der Waals surface area (Å²) in [6, 6.07) is 19.7. The van der Waals surface area contributed by atoms with Crippen LogP contribution in [-0.2, 0) is 16.6 Å². The van der Waals surface area contributed by atoms with Crippen molar-refractivity contribution in [1.82, 2.24) is 4.90 Å². The zero-order valence-corrected chi connectivity index (χ0v) is 18.1. The van der Waals surface area contributed by atoms with Crippen LogP contribution in [-0.4, -0.2) is 33.4 Å². The van der Waals surface area contributed by atoms with Crippen molar-refractivity contribution in [1.29, 1.82) is 0 Å². The van der Waals surface area contributed by atoms with Crippen molar-refractivity contribution < 1.29 is 17.9 Å². The Morgan fingerprint density at radius 1 is 1.03 bits per heavy atom. The van der Waals surface area contributed by atoms with Gasteiger partial charge in [0.25, 0.3) is 15.9 Å². The molecule has 0 aliphatic carbocycles. The van der Waals surface area contributed by atoms with Gasteiger partial charge in [-0.3, -0.25) is 9.52 Å². The quantitative estimate of drug-likeness (QED) is 0.585. The van der Waals surface area contributed by atoms with Crippen LogP contribution in [0.2, 0.25) is 5.02 Å². The summed E-state index contributed by atoms with van der Waals surface area (Å²) >= 11 is 5.91. The molecule has 0 atom stereocenters. The monoisotopic (exact) mass is 444 g/mol. The van der Waals surface area contributed by atoms with Crippen molar-refractivity contribution in [2.45, 2.75) is 11.4 Å². The van der Waals surface area contributed by atoms with Crippen LogP contribution in [0.15, 0.2) is 77.7 Å². The molecule has 0 aliphatic rings. The number of ether oxygens (including phenoxy) is 1. The molecule has 6 nitrogen and oxygen atoms in total. The van der Waals surface area contributed by atoms with Crippen LogP contribution in [0.4, 0.5) is 5.69 Å². The van der Waals surface area contributed by atoms with Crippen LogP contribution in [0.1, 0.15) is 15.9 Å². The van der Waals surface area contributed by atoms with Crippen molar-refractivity contribution in [3.8, 4) is 5.75 Å². The zero-order valence-electron chi connectivity index (χ0n) is 16.5. The van der Waals surface area contributed by atoms with Crippen LogP contribution >= 0.6 is 11.6 Å². The number of amides is 1. The summed E-state index contributed by atoms with van der Waals surface area (Å²) in [6.45, 7) is 0.376. The highest BCUT2D eigenvalue weighted by molar-refractivity contribution is 7.92. The number of nitrogens with zero attached hydrogens (tertiary/aromatic N) is 1. The average molecular weight is 445 g/mol.